The SMILES string of the molecule is O=C(/C=C/C(=O)Nc1cccc(Cl)c1Cl)Nc1cccc(Cl)c1Cl. The summed E-state index contributed by atoms with van der Waals surface area (Å²) in [5.41, 5.74) is 0.689. The normalized spacial score (nSPS) is 10.7. The minimum atomic E-state index is -0.536. The highest BCUT2D eigenvalue weighted by Crippen LogP contribution is 2.30. The molecule has 124 valence electrons. The Morgan fingerprint density at radius 1 is 0.708 bits per heavy atom. The zero-order chi connectivity index (χ0) is 17.7. The van der Waals surface area contributed by atoms with Crippen molar-refractivity contribution in [2.75, 3.05) is 10.6 Å². The summed E-state index contributed by atoms with van der Waals surface area (Å²) in [6, 6.07) is 9.65. The van der Waals surface area contributed by atoms with E-state index in [1.165, 1.54) is 0 Å². The molecule has 2 aromatic carbocycles. The number of amides is 2. The fourth-order valence-corrected chi connectivity index (χ4v) is 2.40. The van der Waals surface area contributed by atoms with Crippen molar-refractivity contribution in [1.82, 2.24) is 0 Å². The zero-order valence-corrected chi connectivity index (χ0v) is 15.0. The Morgan fingerprint density at radius 2 is 1.08 bits per heavy atom. The molecule has 4 nitrogen and oxygen atoms in total. The second-order valence-corrected chi connectivity index (χ2v) is 6.08. The first-order chi connectivity index (χ1) is 11.4. The van der Waals surface area contributed by atoms with Gasteiger partial charge in [-0.05, 0) is 24.3 Å². The van der Waals surface area contributed by atoms with Gasteiger partial charge in [-0.3, -0.25) is 9.59 Å². The molecule has 0 unspecified atom stereocenters. The van der Waals surface area contributed by atoms with Gasteiger partial charge in [-0.15, -0.1) is 0 Å². The van der Waals surface area contributed by atoms with Crippen LogP contribution in [0.15, 0.2) is 48.6 Å². The first-order valence-corrected chi connectivity index (χ1v) is 8.07. The molecule has 0 atom stereocenters. The van der Waals surface area contributed by atoms with Gasteiger partial charge in [-0.25, -0.2) is 0 Å². The Morgan fingerprint density at radius 3 is 1.46 bits per heavy atom. The van der Waals surface area contributed by atoms with Crippen LogP contribution in [0, 0.1) is 0 Å². The molecule has 2 rings (SSSR count). The predicted molar refractivity (Wildman–Crippen MR) is 99.3 cm³/mol. The molecular formula is C16H10Cl4N2O2. The van der Waals surface area contributed by atoms with E-state index in [1.807, 2.05) is 0 Å². The average molecular weight is 404 g/mol. The highest BCUT2D eigenvalue weighted by molar-refractivity contribution is 6.44. The second kappa shape index (κ2) is 8.40. The predicted octanol–water partition coefficient (Wildman–Crippen LogP) is 5.43. The van der Waals surface area contributed by atoms with Crippen LogP contribution < -0.4 is 10.6 Å². The molecule has 2 aromatic rings. The number of benzene rings is 2. The number of rotatable bonds is 4. The van der Waals surface area contributed by atoms with Crippen molar-refractivity contribution < 1.29 is 9.59 Å². The van der Waals surface area contributed by atoms with Gasteiger partial charge in [0.15, 0.2) is 0 Å². The molecule has 0 aliphatic carbocycles. The van der Waals surface area contributed by atoms with Crippen LogP contribution in [0.5, 0.6) is 0 Å². The summed E-state index contributed by atoms with van der Waals surface area (Å²) in [5.74, 6) is -1.07. The molecule has 8 heteroatoms. The lowest BCUT2D eigenvalue weighted by molar-refractivity contribution is -0.114. The van der Waals surface area contributed by atoms with Crippen molar-refractivity contribution in [3.63, 3.8) is 0 Å². The van der Waals surface area contributed by atoms with Gasteiger partial charge >= 0.3 is 0 Å². The van der Waals surface area contributed by atoms with Crippen LogP contribution in [-0.4, -0.2) is 11.8 Å². The van der Waals surface area contributed by atoms with Crippen LogP contribution in [0.1, 0.15) is 0 Å². The Hall–Kier alpha value is -1.72. The number of nitrogens with one attached hydrogen (secondary N) is 2. The second-order valence-electron chi connectivity index (χ2n) is 4.51. The third-order valence-corrected chi connectivity index (χ3v) is 4.44. The topological polar surface area (TPSA) is 58.2 Å². The Bertz CT molecular complexity index is 754. The van der Waals surface area contributed by atoms with Crippen LogP contribution in [0.3, 0.4) is 0 Å². The lowest BCUT2D eigenvalue weighted by atomic mass is 10.3. The molecule has 0 aliphatic rings. The minimum Gasteiger partial charge on any atom is -0.321 e. The van der Waals surface area contributed by atoms with Crippen molar-refractivity contribution in [3.8, 4) is 0 Å². The monoisotopic (exact) mass is 402 g/mol. The fraction of sp³-hybridized carbons (Fsp3) is 0. The number of hydrogen-bond donors (Lipinski definition) is 2. The molecule has 2 amide bonds. The smallest absolute Gasteiger partial charge is 0.248 e. The zero-order valence-electron chi connectivity index (χ0n) is 11.9. The van der Waals surface area contributed by atoms with Gasteiger partial charge in [0.2, 0.25) is 11.8 Å². The fourth-order valence-electron chi connectivity index (χ4n) is 1.70. The molecule has 2 N–H and O–H groups in total. The first-order valence-electron chi connectivity index (χ1n) is 6.56. The number of carbonyl (C=O) groups excluding carboxylic acids is 2. The van der Waals surface area contributed by atoms with E-state index in [9.17, 15) is 9.59 Å². The molecule has 0 spiro atoms. The highest BCUT2D eigenvalue weighted by Gasteiger charge is 2.08. The van der Waals surface area contributed by atoms with E-state index >= 15 is 0 Å². The largest absolute Gasteiger partial charge is 0.321 e. The third-order valence-electron chi connectivity index (χ3n) is 2.81. The van der Waals surface area contributed by atoms with E-state index in [-0.39, 0.29) is 10.0 Å². The number of halogens is 4. The molecule has 0 heterocycles. The van der Waals surface area contributed by atoms with E-state index in [2.05, 4.69) is 10.6 Å². The standard InChI is InChI=1S/C16H10Cl4N2O2/c17-9-3-1-5-11(15(9)19)21-13(23)7-8-14(24)22-12-6-2-4-10(18)16(12)20/h1-8H,(H,21,23)(H,22,24)/b8-7+. The Balaban J connectivity index is 1.99. The maximum Gasteiger partial charge on any atom is 0.248 e. The maximum absolute atomic E-state index is 11.8. The van der Waals surface area contributed by atoms with Gasteiger partial charge in [0.05, 0.1) is 31.5 Å². The minimum absolute atomic E-state index is 0.219. The van der Waals surface area contributed by atoms with Gasteiger partial charge in [0, 0.05) is 12.2 Å². The number of carbonyl (C=O) groups is 2. The molecule has 24 heavy (non-hydrogen) atoms. The van der Waals surface area contributed by atoms with E-state index < -0.39 is 11.8 Å². The summed E-state index contributed by atoms with van der Waals surface area (Å²) in [6.07, 6.45) is 2.12. The van der Waals surface area contributed by atoms with E-state index in [0.717, 1.165) is 12.2 Å². The van der Waals surface area contributed by atoms with E-state index in [0.29, 0.717) is 21.4 Å². The lowest BCUT2D eigenvalue weighted by Crippen LogP contribution is -2.12. The number of anilines is 2. The summed E-state index contributed by atoms with van der Waals surface area (Å²) >= 11 is 23.6. The summed E-state index contributed by atoms with van der Waals surface area (Å²) in [6.45, 7) is 0. The first kappa shape index (κ1) is 18.6. The van der Waals surface area contributed by atoms with Crippen molar-refractivity contribution in [3.05, 3.63) is 68.6 Å². The van der Waals surface area contributed by atoms with Crippen LogP contribution in [0.2, 0.25) is 20.1 Å². The van der Waals surface area contributed by atoms with Crippen molar-refractivity contribution in [1.29, 1.82) is 0 Å². The lowest BCUT2D eigenvalue weighted by Gasteiger charge is -2.06. The third kappa shape index (κ3) is 4.89. The van der Waals surface area contributed by atoms with E-state index in [4.69, 9.17) is 46.4 Å². The quantitative estimate of drug-likeness (QED) is 0.668. The molecule has 0 radical (unpaired) electrons. The molecular weight excluding hydrogens is 394 g/mol. The van der Waals surface area contributed by atoms with Crippen LogP contribution in [-0.2, 0) is 9.59 Å². The maximum atomic E-state index is 11.8. The summed E-state index contributed by atoms with van der Waals surface area (Å²) < 4.78 is 0. The van der Waals surface area contributed by atoms with Crippen molar-refractivity contribution in [2.24, 2.45) is 0 Å². The van der Waals surface area contributed by atoms with Gasteiger partial charge in [-0.2, -0.15) is 0 Å². The molecule has 0 bridgehead atoms. The van der Waals surface area contributed by atoms with Crippen LogP contribution in [0.4, 0.5) is 11.4 Å². The van der Waals surface area contributed by atoms with E-state index in [1.54, 1.807) is 36.4 Å². The van der Waals surface area contributed by atoms with Crippen LogP contribution in [0.25, 0.3) is 0 Å². The van der Waals surface area contributed by atoms with Gasteiger partial charge in [0.1, 0.15) is 0 Å². The van der Waals surface area contributed by atoms with Crippen molar-refractivity contribution in [2.45, 2.75) is 0 Å². The molecule has 0 aromatic heterocycles. The van der Waals surface area contributed by atoms with Crippen LogP contribution >= 0.6 is 46.4 Å². The molecule has 0 saturated heterocycles. The Kier molecular flexibility index (Phi) is 6.52. The van der Waals surface area contributed by atoms with Gasteiger partial charge in [-0.1, -0.05) is 58.5 Å². The summed E-state index contributed by atoms with van der Waals surface area (Å²) in [5, 5.41) is 6.10. The highest BCUT2D eigenvalue weighted by atomic mass is 35.5. The summed E-state index contributed by atoms with van der Waals surface area (Å²) in [7, 11) is 0. The molecule has 0 fully saturated rings. The molecule has 0 aliphatic heterocycles. The number of hydrogen-bond acceptors (Lipinski definition) is 2. The van der Waals surface area contributed by atoms with Gasteiger partial charge < -0.3 is 10.6 Å². The Labute approximate surface area is 158 Å². The van der Waals surface area contributed by atoms with Crippen molar-refractivity contribution >= 4 is 69.6 Å². The van der Waals surface area contributed by atoms with Gasteiger partial charge in [0.25, 0.3) is 0 Å². The average Bonchev–Trinajstić information content (AvgIpc) is 2.54. The molecule has 0 saturated carbocycles. The summed E-state index contributed by atoms with van der Waals surface area (Å²) in [4.78, 5) is 23.7.